The van der Waals surface area contributed by atoms with Crippen molar-refractivity contribution in [3.8, 4) is 11.8 Å². The molecule has 3 heterocycles. The number of allylic oxidation sites excluding steroid dienone is 1. The molecule has 1 aromatic heterocycles. The van der Waals surface area contributed by atoms with Crippen LogP contribution in [0.4, 0.5) is 5.69 Å². The van der Waals surface area contributed by atoms with E-state index in [-0.39, 0.29) is 0 Å². The normalized spacial score (nSPS) is 17.1. The van der Waals surface area contributed by atoms with Crippen molar-refractivity contribution in [3.05, 3.63) is 82.2 Å². The van der Waals surface area contributed by atoms with Crippen LogP contribution in [0.3, 0.4) is 0 Å². The van der Waals surface area contributed by atoms with Gasteiger partial charge in [-0.2, -0.15) is 5.26 Å². The molecule has 0 amide bonds. The summed E-state index contributed by atoms with van der Waals surface area (Å²) in [7, 11) is 0. The monoisotopic (exact) mass is 455 g/mol. The fraction of sp³-hybridized carbons (Fsp3) is 0.269. The Morgan fingerprint density at radius 1 is 1.06 bits per heavy atom. The van der Waals surface area contributed by atoms with Gasteiger partial charge in [0.1, 0.15) is 28.2 Å². The molecule has 0 saturated heterocycles. The van der Waals surface area contributed by atoms with Crippen molar-refractivity contribution >= 4 is 28.7 Å². The zero-order valence-corrected chi connectivity index (χ0v) is 19.4. The highest BCUT2D eigenvalue weighted by atomic mass is 32.2. The number of benzene rings is 2. The van der Waals surface area contributed by atoms with Gasteiger partial charge in [0.05, 0.1) is 12.3 Å². The maximum absolute atomic E-state index is 10.3. The number of aryl methyl sites for hydroxylation is 1. The summed E-state index contributed by atoms with van der Waals surface area (Å²) in [6.07, 6.45) is 4.28. The molecule has 0 fully saturated rings. The lowest BCUT2D eigenvalue weighted by Crippen LogP contribution is -2.18. The Hall–Kier alpha value is -3.50. The molecule has 2 aromatic carbocycles. The van der Waals surface area contributed by atoms with Crippen molar-refractivity contribution in [3.63, 3.8) is 0 Å². The third-order valence-corrected chi connectivity index (χ3v) is 6.81. The number of rotatable bonds is 5. The maximum Gasteiger partial charge on any atom is 0.177 e. The van der Waals surface area contributed by atoms with Crippen LogP contribution in [0.5, 0.6) is 5.75 Å². The van der Waals surface area contributed by atoms with Crippen LogP contribution < -0.4 is 9.64 Å². The van der Waals surface area contributed by atoms with Gasteiger partial charge >= 0.3 is 0 Å². The van der Waals surface area contributed by atoms with E-state index in [1.54, 1.807) is 11.8 Å². The van der Waals surface area contributed by atoms with Gasteiger partial charge in [-0.25, -0.2) is 0 Å². The van der Waals surface area contributed by atoms with Crippen molar-refractivity contribution in [2.75, 3.05) is 11.5 Å². The van der Waals surface area contributed by atoms with Gasteiger partial charge in [0.2, 0.25) is 0 Å². The zero-order valence-electron chi connectivity index (χ0n) is 18.6. The van der Waals surface area contributed by atoms with Gasteiger partial charge in [-0.05, 0) is 61.7 Å². The predicted molar refractivity (Wildman–Crippen MR) is 132 cm³/mol. The second-order valence-electron chi connectivity index (χ2n) is 7.94. The Balaban J connectivity index is 1.61. The third kappa shape index (κ3) is 4.14. The summed E-state index contributed by atoms with van der Waals surface area (Å²) in [6.45, 7) is 3.47. The molecule has 7 heteroatoms. The number of fused-ring (bicyclic) bond motifs is 1. The quantitative estimate of drug-likeness (QED) is 0.450. The maximum atomic E-state index is 10.3. The predicted octanol–water partition coefficient (Wildman–Crippen LogP) is 5.85. The molecular formula is C26H25N5OS. The van der Waals surface area contributed by atoms with Gasteiger partial charge < -0.3 is 14.2 Å². The topological polar surface area (TPSA) is 67.0 Å². The number of aromatic nitrogens is 3. The molecule has 0 N–H and O–H groups in total. The molecule has 0 spiro atoms. The summed E-state index contributed by atoms with van der Waals surface area (Å²) in [5.74, 6) is 2.49. The number of ether oxygens (including phenoxy) is 1. The van der Waals surface area contributed by atoms with Crippen LogP contribution in [0.15, 0.2) is 65.0 Å². The van der Waals surface area contributed by atoms with E-state index in [1.165, 1.54) is 6.42 Å². The molecule has 6 nitrogen and oxygen atoms in total. The number of hydrogen-bond acceptors (Lipinski definition) is 6. The van der Waals surface area contributed by atoms with Gasteiger partial charge in [-0.1, -0.05) is 36.4 Å². The first kappa shape index (κ1) is 21.4. The third-order valence-electron chi connectivity index (χ3n) is 5.86. The van der Waals surface area contributed by atoms with Crippen molar-refractivity contribution in [2.24, 2.45) is 0 Å². The van der Waals surface area contributed by atoms with Crippen LogP contribution in [0.2, 0.25) is 0 Å². The van der Waals surface area contributed by atoms with E-state index in [4.69, 9.17) is 4.74 Å². The van der Waals surface area contributed by atoms with E-state index >= 15 is 0 Å². The van der Waals surface area contributed by atoms with Gasteiger partial charge in [0.25, 0.3) is 0 Å². The molecule has 0 bridgehead atoms. The average Bonchev–Trinajstić information content (AvgIpc) is 3.39. The first-order chi connectivity index (χ1) is 16.3. The van der Waals surface area contributed by atoms with Crippen molar-refractivity contribution in [1.29, 1.82) is 5.26 Å². The summed E-state index contributed by atoms with van der Waals surface area (Å²) < 4.78 is 7.75. The highest BCUT2D eigenvalue weighted by Crippen LogP contribution is 2.46. The van der Waals surface area contributed by atoms with E-state index in [1.807, 2.05) is 37.3 Å². The van der Waals surface area contributed by atoms with Crippen LogP contribution in [-0.4, -0.2) is 21.4 Å². The Labute approximate surface area is 198 Å². The van der Waals surface area contributed by atoms with E-state index in [9.17, 15) is 5.26 Å². The minimum atomic E-state index is 0.557. The van der Waals surface area contributed by atoms with Gasteiger partial charge in [0.15, 0.2) is 5.82 Å². The summed E-state index contributed by atoms with van der Waals surface area (Å²) in [5, 5.41) is 22.1. The Morgan fingerprint density at radius 2 is 1.88 bits per heavy atom. The lowest BCUT2D eigenvalue weighted by atomic mass is 10.1. The first-order valence-corrected chi connectivity index (χ1v) is 12.2. The van der Waals surface area contributed by atoms with Crippen LogP contribution in [0.1, 0.15) is 43.4 Å². The van der Waals surface area contributed by atoms with Gasteiger partial charge in [-0.3, -0.25) is 0 Å². The number of hydrogen-bond donors (Lipinski definition) is 0. The molecule has 3 aromatic rings. The van der Waals surface area contributed by atoms with Crippen molar-refractivity contribution in [2.45, 2.75) is 39.2 Å². The van der Waals surface area contributed by atoms with Crippen LogP contribution in [-0.2, 0) is 13.0 Å². The van der Waals surface area contributed by atoms with Crippen molar-refractivity contribution in [1.82, 2.24) is 14.8 Å². The lowest BCUT2D eigenvalue weighted by molar-refractivity contribution is 0.340. The lowest BCUT2D eigenvalue weighted by Gasteiger charge is -2.25. The number of nitrogens with zero attached hydrogens (tertiary/aromatic N) is 5. The van der Waals surface area contributed by atoms with Crippen LogP contribution in [0, 0.1) is 11.3 Å². The highest BCUT2D eigenvalue weighted by Gasteiger charge is 2.30. The fourth-order valence-electron chi connectivity index (χ4n) is 4.28. The van der Waals surface area contributed by atoms with E-state index in [0.29, 0.717) is 18.0 Å². The molecule has 0 saturated carbocycles. The Morgan fingerprint density at radius 3 is 2.64 bits per heavy atom. The van der Waals surface area contributed by atoms with Crippen LogP contribution >= 0.6 is 11.8 Å². The summed E-state index contributed by atoms with van der Waals surface area (Å²) >= 11 is 1.56. The van der Waals surface area contributed by atoms with Crippen molar-refractivity contribution < 1.29 is 4.74 Å². The van der Waals surface area contributed by atoms with E-state index < -0.39 is 0 Å². The van der Waals surface area contributed by atoms with Crippen LogP contribution in [0.25, 0.3) is 11.3 Å². The summed E-state index contributed by atoms with van der Waals surface area (Å²) in [6, 6.07) is 20.7. The zero-order chi connectivity index (χ0) is 22.6. The molecule has 0 radical (unpaired) electrons. The summed E-state index contributed by atoms with van der Waals surface area (Å²) in [5.41, 5.74) is 3.64. The molecule has 2 aliphatic rings. The van der Waals surface area contributed by atoms with E-state index in [2.05, 4.69) is 55.4 Å². The largest absolute Gasteiger partial charge is 0.494 e. The molecule has 33 heavy (non-hydrogen) atoms. The van der Waals surface area contributed by atoms with Gasteiger partial charge in [-0.15, -0.1) is 10.2 Å². The molecule has 0 aliphatic carbocycles. The fourth-order valence-corrected chi connectivity index (χ4v) is 5.31. The minimum absolute atomic E-state index is 0.557. The van der Waals surface area contributed by atoms with Gasteiger partial charge in [0, 0.05) is 24.1 Å². The molecule has 2 aliphatic heterocycles. The standard InChI is InChI=1S/C26H25N5OS/c1-2-32-21-14-12-19(13-15-21)23-18-33-26(31(23)20-9-5-3-6-10-20)22(17-27)25-29-28-24-11-7-4-8-16-30(24)25/h3,5-6,9-10,12-15,18H,2,4,7-8,11,16H2,1H3/b26-22+. The number of nitriles is 1. The summed E-state index contributed by atoms with van der Waals surface area (Å²) in [4.78, 5) is 2.15. The average molecular weight is 456 g/mol. The number of thioether (sulfide) groups is 1. The Kier molecular flexibility index (Phi) is 6.18. The molecule has 0 atom stereocenters. The SMILES string of the molecule is CCOc1ccc(C2=CS/C(=C(\C#N)c3nnc4n3CCCCC4)N2c2ccccc2)cc1. The molecule has 0 unspecified atom stereocenters. The molecule has 166 valence electrons. The van der Waals surface area contributed by atoms with E-state index in [0.717, 1.165) is 59.4 Å². The second kappa shape index (κ2) is 9.55. The second-order valence-corrected chi connectivity index (χ2v) is 8.80. The molecular weight excluding hydrogens is 430 g/mol. The number of anilines is 1. The Bertz CT molecular complexity index is 1240. The first-order valence-electron chi connectivity index (χ1n) is 11.3. The molecule has 5 rings (SSSR count). The number of para-hydroxylation sites is 1. The highest BCUT2D eigenvalue weighted by molar-refractivity contribution is 8.06. The minimum Gasteiger partial charge on any atom is -0.494 e. The smallest absolute Gasteiger partial charge is 0.177 e.